The zero-order valence-electron chi connectivity index (χ0n) is 14.0. The molecule has 3 aromatic rings. The van der Waals surface area contributed by atoms with Gasteiger partial charge in [0.05, 0.1) is 5.69 Å². The fourth-order valence-electron chi connectivity index (χ4n) is 2.93. The number of aromatic nitrogens is 2. The summed E-state index contributed by atoms with van der Waals surface area (Å²) in [5.74, 6) is 0.411. The van der Waals surface area contributed by atoms with Crippen molar-refractivity contribution in [1.29, 1.82) is 0 Å². The van der Waals surface area contributed by atoms with Crippen molar-refractivity contribution in [3.05, 3.63) is 65.2 Å². The van der Waals surface area contributed by atoms with Crippen molar-refractivity contribution in [2.24, 2.45) is 0 Å². The monoisotopic (exact) mass is 306 g/mol. The third-order valence-corrected chi connectivity index (χ3v) is 4.11. The first-order valence-corrected chi connectivity index (χ1v) is 7.94. The van der Waals surface area contributed by atoms with Crippen LogP contribution in [0.4, 0.5) is 0 Å². The van der Waals surface area contributed by atoms with Gasteiger partial charge in [-0.1, -0.05) is 55.8 Å². The molecule has 3 rings (SSSR count). The van der Waals surface area contributed by atoms with Gasteiger partial charge in [-0.05, 0) is 37.5 Å². The molecule has 0 saturated heterocycles. The molecule has 0 bridgehead atoms. The highest BCUT2D eigenvalue weighted by molar-refractivity contribution is 5.68. The zero-order chi connectivity index (χ0) is 16.6. The number of nitrogens with zero attached hydrogens (tertiary/aromatic N) is 2. The van der Waals surface area contributed by atoms with Crippen LogP contribution in [0, 0.1) is 13.8 Å². The molecule has 0 unspecified atom stereocenters. The number of rotatable bonds is 3. The molecule has 0 amide bonds. The molecule has 0 aliphatic carbocycles. The van der Waals surface area contributed by atoms with Crippen molar-refractivity contribution >= 4 is 0 Å². The highest BCUT2D eigenvalue weighted by Gasteiger charge is 2.22. The summed E-state index contributed by atoms with van der Waals surface area (Å²) in [4.78, 5) is 0. The van der Waals surface area contributed by atoms with Gasteiger partial charge in [0, 0.05) is 11.1 Å². The maximum atomic E-state index is 10.8. The predicted octanol–water partition coefficient (Wildman–Crippen LogP) is 4.99. The van der Waals surface area contributed by atoms with E-state index < -0.39 is 0 Å². The Labute approximate surface area is 137 Å². The number of para-hydroxylation sites is 1. The van der Waals surface area contributed by atoms with Crippen LogP contribution in [-0.2, 0) is 0 Å². The first kappa shape index (κ1) is 15.3. The third-order valence-electron chi connectivity index (χ3n) is 4.11. The molecule has 0 aliphatic rings. The maximum Gasteiger partial charge on any atom is 0.218 e. The summed E-state index contributed by atoms with van der Waals surface area (Å²) in [5.41, 5.74) is 5.95. The average Bonchev–Trinajstić information content (AvgIpc) is 2.85. The molecule has 3 nitrogen and oxygen atoms in total. The Morgan fingerprint density at radius 2 is 1.74 bits per heavy atom. The summed E-state index contributed by atoms with van der Waals surface area (Å²) >= 11 is 0. The Hall–Kier alpha value is -2.55. The van der Waals surface area contributed by atoms with E-state index in [2.05, 4.69) is 32.9 Å². The Kier molecular flexibility index (Phi) is 3.95. The van der Waals surface area contributed by atoms with Crippen LogP contribution in [0.5, 0.6) is 5.88 Å². The van der Waals surface area contributed by atoms with Crippen molar-refractivity contribution in [1.82, 2.24) is 9.78 Å². The lowest BCUT2D eigenvalue weighted by Crippen LogP contribution is -1.98. The first-order valence-electron chi connectivity index (χ1n) is 7.94. The molecule has 0 atom stereocenters. The zero-order valence-corrected chi connectivity index (χ0v) is 14.0. The van der Waals surface area contributed by atoms with Gasteiger partial charge in [-0.25, -0.2) is 4.68 Å². The molecule has 0 aliphatic heterocycles. The van der Waals surface area contributed by atoms with E-state index in [0.717, 1.165) is 28.1 Å². The minimum Gasteiger partial charge on any atom is -0.493 e. The minimum absolute atomic E-state index is 0.184. The second-order valence-electron chi connectivity index (χ2n) is 6.31. The van der Waals surface area contributed by atoms with Crippen molar-refractivity contribution in [2.45, 2.75) is 33.6 Å². The van der Waals surface area contributed by atoms with Gasteiger partial charge in [-0.2, -0.15) is 5.10 Å². The number of hydrogen-bond donors (Lipinski definition) is 1. The lowest BCUT2D eigenvalue weighted by molar-refractivity contribution is 0.425. The number of hydrogen-bond acceptors (Lipinski definition) is 2. The maximum absolute atomic E-state index is 10.8. The Morgan fingerprint density at radius 3 is 2.39 bits per heavy atom. The number of aromatic hydroxyl groups is 1. The van der Waals surface area contributed by atoms with Crippen molar-refractivity contribution in [2.75, 3.05) is 0 Å². The van der Waals surface area contributed by atoms with E-state index in [1.807, 2.05) is 43.3 Å². The fourth-order valence-corrected chi connectivity index (χ4v) is 2.93. The quantitative estimate of drug-likeness (QED) is 0.740. The van der Waals surface area contributed by atoms with E-state index in [9.17, 15) is 5.11 Å². The smallest absolute Gasteiger partial charge is 0.218 e. The largest absolute Gasteiger partial charge is 0.493 e. The summed E-state index contributed by atoms with van der Waals surface area (Å²) in [5, 5.41) is 15.5. The van der Waals surface area contributed by atoms with E-state index in [1.54, 1.807) is 4.68 Å². The Balaban J connectivity index is 2.26. The van der Waals surface area contributed by atoms with Crippen LogP contribution >= 0.6 is 0 Å². The number of benzene rings is 2. The van der Waals surface area contributed by atoms with Crippen LogP contribution in [-0.4, -0.2) is 14.9 Å². The van der Waals surface area contributed by atoms with E-state index >= 15 is 0 Å². The molecule has 118 valence electrons. The SMILES string of the molecule is Cc1cccc(-c2nn(-c3ccccc3C)c(O)c2C(C)C)c1. The van der Waals surface area contributed by atoms with Gasteiger partial charge in [0.1, 0.15) is 5.69 Å². The molecule has 0 fully saturated rings. The van der Waals surface area contributed by atoms with Crippen LogP contribution in [0.3, 0.4) is 0 Å². The molecule has 2 aromatic carbocycles. The van der Waals surface area contributed by atoms with Gasteiger partial charge >= 0.3 is 0 Å². The Morgan fingerprint density at radius 1 is 1.00 bits per heavy atom. The summed E-state index contributed by atoms with van der Waals surface area (Å²) in [6, 6.07) is 16.2. The van der Waals surface area contributed by atoms with Crippen LogP contribution < -0.4 is 0 Å². The molecular formula is C20H22N2O. The molecule has 1 N–H and O–H groups in total. The topological polar surface area (TPSA) is 38.0 Å². The molecule has 0 spiro atoms. The molecule has 1 heterocycles. The van der Waals surface area contributed by atoms with Crippen LogP contribution in [0.15, 0.2) is 48.5 Å². The predicted molar refractivity (Wildman–Crippen MR) is 94.2 cm³/mol. The molecule has 23 heavy (non-hydrogen) atoms. The highest BCUT2D eigenvalue weighted by atomic mass is 16.3. The standard InChI is InChI=1S/C20H22N2O/c1-13(2)18-19(16-10-7-8-14(3)12-16)21-22(20(18)23)17-11-6-5-9-15(17)4/h5-13,23H,1-4H3. The van der Waals surface area contributed by atoms with Crippen molar-refractivity contribution in [3.8, 4) is 22.8 Å². The van der Waals surface area contributed by atoms with Gasteiger partial charge in [0.25, 0.3) is 0 Å². The van der Waals surface area contributed by atoms with Gasteiger partial charge in [0.2, 0.25) is 5.88 Å². The molecule has 0 saturated carbocycles. The first-order chi connectivity index (χ1) is 11.0. The highest BCUT2D eigenvalue weighted by Crippen LogP contribution is 2.37. The van der Waals surface area contributed by atoms with Crippen LogP contribution in [0.2, 0.25) is 0 Å². The van der Waals surface area contributed by atoms with Gasteiger partial charge in [-0.3, -0.25) is 0 Å². The second kappa shape index (κ2) is 5.92. The molecule has 0 radical (unpaired) electrons. The van der Waals surface area contributed by atoms with Crippen LogP contribution in [0.1, 0.15) is 36.5 Å². The van der Waals surface area contributed by atoms with E-state index in [4.69, 9.17) is 5.10 Å². The Bertz CT molecular complexity index is 847. The molecule has 3 heteroatoms. The minimum atomic E-state index is 0.184. The lowest BCUT2D eigenvalue weighted by atomic mass is 9.98. The van der Waals surface area contributed by atoms with E-state index in [1.165, 1.54) is 5.56 Å². The average molecular weight is 306 g/mol. The van der Waals surface area contributed by atoms with Gasteiger partial charge in [-0.15, -0.1) is 0 Å². The van der Waals surface area contributed by atoms with E-state index in [-0.39, 0.29) is 11.8 Å². The third kappa shape index (κ3) is 2.74. The summed E-state index contributed by atoms with van der Waals surface area (Å²) in [6.45, 7) is 8.25. The summed E-state index contributed by atoms with van der Waals surface area (Å²) in [6.07, 6.45) is 0. The normalized spacial score (nSPS) is 11.2. The fraction of sp³-hybridized carbons (Fsp3) is 0.250. The lowest BCUT2D eigenvalue weighted by Gasteiger charge is -2.08. The second-order valence-corrected chi connectivity index (χ2v) is 6.31. The van der Waals surface area contributed by atoms with Gasteiger partial charge in [0.15, 0.2) is 0 Å². The van der Waals surface area contributed by atoms with Crippen LogP contribution in [0.25, 0.3) is 16.9 Å². The molecular weight excluding hydrogens is 284 g/mol. The van der Waals surface area contributed by atoms with Gasteiger partial charge < -0.3 is 5.11 Å². The summed E-state index contributed by atoms with van der Waals surface area (Å²) in [7, 11) is 0. The molecule has 1 aromatic heterocycles. The number of aryl methyl sites for hydroxylation is 2. The van der Waals surface area contributed by atoms with Crippen molar-refractivity contribution in [3.63, 3.8) is 0 Å². The van der Waals surface area contributed by atoms with Crippen molar-refractivity contribution < 1.29 is 5.11 Å². The van der Waals surface area contributed by atoms with E-state index in [0.29, 0.717) is 0 Å². The summed E-state index contributed by atoms with van der Waals surface area (Å²) < 4.78 is 1.66.